The zero-order valence-corrected chi connectivity index (χ0v) is 18.1. The number of rotatable bonds is 7. The zero-order valence-electron chi connectivity index (χ0n) is 17.3. The molecule has 1 saturated heterocycles. The fourth-order valence-corrected chi connectivity index (χ4v) is 4.21. The average Bonchev–Trinajstić information content (AvgIpc) is 3.27. The van der Waals surface area contributed by atoms with E-state index in [1.54, 1.807) is 13.2 Å². The highest BCUT2D eigenvalue weighted by Crippen LogP contribution is 2.13. The molecule has 6 nitrogen and oxygen atoms in total. The van der Waals surface area contributed by atoms with Crippen LogP contribution in [-0.4, -0.2) is 56.0 Å². The molecule has 1 aliphatic rings. The predicted molar refractivity (Wildman–Crippen MR) is 114 cm³/mol. The second-order valence-corrected chi connectivity index (χ2v) is 8.72. The van der Waals surface area contributed by atoms with Crippen molar-refractivity contribution in [1.29, 1.82) is 0 Å². The minimum Gasteiger partial charge on any atom is -0.497 e. The van der Waals surface area contributed by atoms with Gasteiger partial charge in [-0.1, -0.05) is 19.9 Å². The van der Waals surface area contributed by atoms with Gasteiger partial charge < -0.3 is 19.9 Å². The molecular formula is C22H30N3O3S+. The highest BCUT2D eigenvalue weighted by atomic mass is 32.1. The molecule has 1 aromatic carbocycles. The molecule has 2 heterocycles. The number of carbonyl (C=O) groups excluding carboxylic acids is 2. The lowest BCUT2D eigenvalue weighted by atomic mass is 10.0. The van der Waals surface area contributed by atoms with Crippen LogP contribution in [0.25, 0.3) is 0 Å². The van der Waals surface area contributed by atoms with Gasteiger partial charge in [0.1, 0.15) is 18.3 Å². The predicted octanol–water partition coefficient (Wildman–Crippen LogP) is 1.44. The smallest absolute Gasteiger partial charge is 0.262 e. The summed E-state index contributed by atoms with van der Waals surface area (Å²) in [5.41, 5.74) is 1.27. The van der Waals surface area contributed by atoms with Crippen LogP contribution in [0.2, 0.25) is 0 Å². The number of thiophene rings is 1. The van der Waals surface area contributed by atoms with E-state index in [0.717, 1.165) is 25.4 Å². The van der Waals surface area contributed by atoms with Crippen LogP contribution in [0.4, 0.5) is 0 Å². The van der Waals surface area contributed by atoms with Crippen LogP contribution in [0.3, 0.4) is 0 Å². The van der Waals surface area contributed by atoms with Gasteiger partial charge >= 0.3 is 0 Å². The number of carbonyl (C=O) groups is 2. The first kappa shape index (κ1) is 21.3. The Morgan fingerprint density at radius 3 is 2.41 bits per heavy atom. The molecule has 2 aromatic rings. The first-order valence-corrected chi connectivity index (χ1v) is 11.0. The number of amides is 2. The van der Waals surface area contributed by atoms with Crippen LogP contribution in [0.5, 0.6) is 5.75 Å². The van der Waals surface area contributed by atoms with Crippen LogP contribution in [0.15, 0.2) is 41.8 Å². The summed E-state index contributed by atoms with van der Waals surface area (Å²) in [4.78, 5) is 29.5. The number of methoxy groups -OCH3 is 1. The van der Waals surface area contributed by atoms with Crippen molar-refractivity contribution in [1.82, 2.24) is 10.2 Å². The van der Waals surface area contributed by atoms with E-state index < -0.39 is 6.04 Å². The minimum absolute atomic E-state index is 0.0217. The maximum Gasteiger partial charge on any atom is 0.262 e. The van der Waals surface area contributed by atoms with Gasteiger partial charge in [-0.25, -0.2) is 0 Å². The topological polar surface area (TPSA) is 63.1 Å². The summed E-state index contributed by atoms with van der Waals surface area (Å²) < 4.78 is 5.21. The van der Waals surface area contributed by atoms with Crippen molar-refractivity contribution in [2.24, 2.45) is 5.92 Å². The van der Waals surface area contributed by atoms with E-state index in [2.05, 4.69) is 17.4 Å². The van der Waals surface area contributed by atoms with Gasteiger partial charge in [0.2, 0.25) is 5.91 Å². The van der Waals surface area contributed by atoms with Crippen molar-refractivity contribution in [2.45, 2.75) is 26.4 Å². The van der Waals surface area contributed by atoms with E-state index in [1.165, 1.54) is 21.8 Å². The minimum atomic E-state index is -0.493. The first-order valence-electron chi connectivity index (χ1n) is 10.1. The highest BCUT2D eigenvalue weighted by Gasteiger charge is 2.32. The summed E-state index contributed by atoms with van der Waals surface area (Å²) in [5.74, 6) is 0.754. The number of ether oxygens (including phenoxy) is 1. The van der Waals surface area contributed by atoms with Crippen molar-refractivity contribution in [3.05, 3.63) is 52.2 Å². The summed E-state index contributed by atoms with van der Waals surface area (Å²) in [6.45, 7) is 8.12. The largest absolute Gasteiger partial charge is 0.497 e. The third kappa shape index (κ3) is 5.58. The van der Waals surface area contributed by atoms with E-state index in [4.69, 9.17) is 4.74 Å². The SMILES string of the molecule is COc1ccc(C[NH+]2CCN(C(=O)[C@H](NC(=O)c3cccs3)C(C)C)CC2)cc1. The molecule has 156 valence electrons. The van der Waals surface area contributed by atoms with Gasteiger partial charge in [-0.2, -0.15) is 0 Å². The van der Waals surface area contributed by atoms with Crippen molar-refractivity contribution < 1.29 is 19.2 Å². The van der Waals surface area contributed by atoms with E-state index in [1.807, 2.05) is 42.3 Å². The lowest BCUT2D eigenvalue weighted by Gasteiger charge is -2.35. The Bertz CT molecular complexity index is 797. The number of piperazine rings is 1. The van der Waals surface area contributed by atoms with E-state index in [9.17, 15) is 9.59 Å². The summed E-state index contributed by atoms with van der Waals surface area (Å²) in [7, 11) is 1.67. The first-order chi connectivity index (χ1) is 14.0. The Kier molecular flexibility index (Phi) is 7.28. The molecule has 3 rings (SSSR count). The average molecular weight is 417 g/mol. The lowest BCUT2D eigenvalue weighted by Crippen LogP contribution is -3.13. The Hall–Kier alpha value is -2.38. The summed E-state index contributed by atoms with van der Waals surface area (Å²) in [5, 5.41) is 4.81. The van der Waals surface area contributed by atoms with Crippen LogP contribution < -0.4 is 15.0 Å². The van der Waals surface area contributed by atoms with Crippen molar-refractivity contribution in [3.8, 4) is 5.75 Å². The third-order valence-electron chi connectivity index (χ3n) is 5.36. The third-order valence-corrected chi connectivity index (χ3v) is 6.23. The molecule has 0 saturated carbocycles. The molecule has 1 fully saturated rings. The quantitative estimate of drug-likeness (QED) is 0.718. The number of hydrogen-bond acceptors (Lipinski definition) is 4. The fraction of sp³-hybridized carbons (Fsp3) is 0.455. The summed E-state index contributed by atoms with van der Waals surface area (Å²) in [6, 6.07) is 11.3. The Morgan fingerprint density at radius 1 is 1.17 bits per heavy atom. The molecule has 0 unspecified atom stereocenters. The molecule has 0 radical (unpaired) electrons. The van der Waals surface area contributed by atoms with Gasteiger partial charge in [-0.05, 0) is 41.6 Å². The van der Waals surface area contributed by atoms with Gasteiger partial charge in [0.05, 0.1) is 38.2 Å². The zero-order chi connectivity index (χ0) is 20.8. The summed E-state index contributed by atoms with van der Waals surface area (Å²) >= 11 is 1.39. The summed E-state index contributed by atoms with van der Waals surface area (Å²) in [6.07, 6.45) is 0. The van der Waals surface area contributed by atoms with Crippen molar-refractivity contribution in [3.63, 3.8) is 0 Å². The number of quaternary nitrogens is 1. The maximum absolute atomic E-state index is 13.1. The monoisotopic (exact) mass is 416 g/mol. The number of hydrogen-bond donors (Lipinski definition) is 2. The Labute approximate surface area is 176 Å². The molecule has 1 atom stereocenters. The highest BCUT2D eigenvalue weighted by molar-refractivity contribution is 7.12. The van der Waals surface area contributed by atoms with Gasteiger partial charge in [0.25, 0.3) is 5.91 Å². The van der Waals surface area contributed by atoms with Gasteiger partial charge in [0.15, 0.2) is 0 Å². The van der Waals surface area contributed by atoms with Crippen LogP contribution in [0.1, 0.15) is 29.1 Å². The molecule has 0 bridgehead atoms. The molecule has 1 aliphatic heterocycles. The molecule has 0 aliphatic carbocycles. The lowest BCUT2D eigenvalue weighted by molar-refractivity contribution is -0.917. The molecule has 1 aromatic heterocycles. The number of nitrogens with zero attached hydrogens (tertiary/aromatic N) is 1. The second kappa shape index (κ2) is 9.89. The van der Waals surface area contributed by atoms with Crippen LogP contribution >= 0.6 is 11.3 Å². The van der Waals surface area contributed by atoms with E-state index in [0.29, 0.717) is 18.0 Å². The molecular weight excluding hydrogens is 386 g/mol. The standard InChI is InChI=1S/C22H29N3O3S/c1-16(2)20(23-21(26)19-5-4-14-29-19)22(27)25-12-10-24(11-13-25)15-17-6-8-18(28-3)9-7-17/h4-9,14,16,20H,10-13,15H2,1-3H3,(H,23,26)/p+1/t20-/m1/s1. The normalized spacial score (nSPS) is 15.9. The molecule has 7 heteroatoms. The van der Waals surface area contributed by atoms with Gasteiger partial charge in [-0.15, -0.1) is 11.3 Å². The second-order valence-electron chi connectivity index (χ2n) is 7.77. The van der Waals surface area contributed by atoms with Crippen LogP contribution in [-0.2, 0) is 11.3 Å². The number of nitrogens with one attached hydrogen (secondary N) is 2. The molecule has 0 spiro atoms. The fourth-order valence-electron chi connectivity index (χ4n) is 3.58. The Balaban J connectivity index is 1.53. The van der Waals surface area contributed by atoms with Crippen molar-refractivity contribution >= 4 is 23.2 Å². The van der Waals surface area contributed by atoms with Gasteiger partial charge in [0, 0.05) is 5.56 Å². The van der Waals surface area contributed by atoms with E-state index >= 15 is 0 Å². The molecule has 2 amide bonds. The number of benzene rings is 1. The van der Waals surface area contributed by atoms with Crippen LogP contribution in [0, 0.1) is 5.92 Å². The molecule has 29 heavy (non-hydrogen) atoms. The Morgan fingerprint density at radius 2 is 1.86 bits per heavy atom. The molecule has 2 N–H and O–H groups in total. The van der Waals surface area contributed by atoms with Crippen molar-refractivity contribution in [2.75, 3.05) is 33.3 Å². The maximum atomic E-state index is 13.1. The van der Waals surface area contributed by atoms with Gasteiger partial charge in [-0.3, -0.25) is 9.59 Å². The van der Waals surface area contributed by atoms with E-state index in [-0.39, 0.29) is 17.7 Å².